The Morgan fingerprint density at radius 2 is 2.07 bits per heavy atom. The monoisotopic (exact) mass is 233 g/mol. The number of hydrogen-bond acceptors (Lipinski definition) is 3. The lowest BCUT2D eigenvalue weighted by atomic mass is 10.2. The Kier molecular flexibility index (Phi) is 2.38. The number of halogens is 2. The van der Waals surface area contributed by atoms with Crippen molar-refractivity contribution in [3.63, 3.8) is 0 Å². The van der Waals surface area contributed by atoms with E-state index in [0.29, 0.717) is 0 Å². The van der Waals surface area contributed by atoms with Crippen LogP contribution in [0.15, 0.2) is 23.1 Å². The largest absolute Gasteiger partial charge is 0.383 e. The van der Waals surface area contributed by atoms with Crippen LogP contribution in [0.4, 0.5) is 14.5 Å². The van der Waals surface area contributed by atoms with E-state index in [1.165, 1.54) is 12.1 Å². The molecule has 0 bridgehead atoms. The highest BCUT2D eigenvalue weighted by Gasteiger charge is 2.24. The molecule has 0 atom stereocenters. The van der Waals surface area contributed by atoms with Crippen molar-refractivity contribution in [3.05, 3.63) is 23.8 Å². The molecule has 1 aromatic rings. The molecule has 3 nitrogen and oxygen atoms in total. The number of benzene rings is 1. The van der Waals surface area contributed by atoms with E-state index in [0.717, 1.165) is 6.07 Å². The van der Waals surface area contributed by atoms with E-state index in [-0.39, 0.29) is 28.4 Å². The minimum absolute atomic E-state index is 0.00796. The SMILES string of the molecule is O=S1(=O)CCNc2cc(C(F)F)ccc21. The zero-order chi connectivity index (χ0) is 11.1. The summed E-state index contributed by atoms with van der Waals surface area (Å²) >= 11 is 0. The number of anilines is 1. The summed E-state index contributed by atoms with van der Waals surface area (Å²) in [6, 6.07) is 3.57. The number of rotatable bonds is 1. The van der Waals surface area contributed by atoms with Crippen LogP contribution in [-0.2, 0) is 9.84 Å². The molecule has 82 valence electrons. The van der Waals surface area contributed by atoms with Gasteiger partial charge in [-0.1, -0.05) is 6.07 Å². The molecule has 0 saturated carbocycles. The number of sulfone groups is 1. The highest BCUT2D eigenvalue weighted by atomic mass is 32.2. The molecule has 0 radical (unpaired) electrons. The first-order valence-electron chi connectivity index (χ1n) is 4.39. The fourth-order valence-corrected chi connectivity index (χ4v) is 2.85. The predicted octanol–water partition coefficient (Wildman–Crippen LogP) is 1.82. The second kappa shape index (κ2) is 3.44. The lowest BCUT2D eigenvalue weighted by molar-refractivity contribution is 0.151. The van der Waals surface area contributed by atoms with E-state index in [1.807, 2.05) is 0 Å². The molecule has 15 heavy (non-hydrogen) atoms. The fraction of sp³-hybridized carbons (Fsp3) is 0.333. The smallest absolute Gasteiger partial charge is 0.263 e. The Balaban J connectivity index is 2.55. The zero-order valence-corrected chi connectivity index (χ0v) is 8.52. The second-order valence-electron chi connectivity index (χ2n) is 3.30. The number of nitrogens with one attached hydrogen (secondary N) is 1. The third kappa shape index (κ3) is 1.81. The summed E-state index contributed by atoms with van der Waals surface area (Å²) in [4.78, 5) is 0.109. The molecule has 0 aliphatic carbocycles. The summed E-state index contributed by atoms with van der Waals surface area (Å²) in [5, 5.41) is 2.80. The van der Waals surface area contributed by atoms with Crippen LogP contribution in [0, 0.1) is 0 Å². The molecule has 1 heterocycles. The van der Waals surface area contributed by atoms with Crippen LogP contribution in [0.25, 0.3) is 0 Å². The van der Waals surface area contributed by atoms with Gasteiger partial charge in [-0.15, -0.1) is 0 Å². The van der Waals surface area contributed by atoms with Crippen molar-refractivity contribution in [2.24, 2.45) is 0 Å². The first-order valence-corrected chi connectivity index (χ1v) is 6.05. The van der Waals surface area contributed by atoms with Gasteiger partial charge in [0.05, 0.1) is 16.3 Å². The highest BCUT2D eigenvalue weighted by molar-refractivity contribution is 7.91. The van der Waals surface area contributed by atoms with Gasteiger partial charge in [0.2, 0.25) is 0 Å². The van der Waals surface area contributed by atoms with Crippen molar-refractivity contribution in [3.8, 4) is 0 Å². The lowest BCUT2D eigenvalue weighted by Crippen LogP contribution is -2.23. The number of hydrogen-bond donors (Lipinski definition) is 1. The molecule has 1 aromatic carbocycles. The first-order chi connectivity index (χ1) is 7.00. The molecule has 0 amide bonds. The average molecular weight is 233 g/mol. The Hall–Kier alpha value is -1.17. The molecule has 1 aliphatic rings. The second-order valence-corrected chi connectivity index (χ2v) is 5.38. The summed E-state index contributed by atoms with van der Waals surface area (Å²) in [7, 11) is -3.29. The number of alkyl halides is 2. The predicted molar refractivity (Wildman–Crippen MR) is 51.9 cm³/mol. The minimum atomic E-state index is -3.29. The summed E-state index contributed by atoms with van der Waals surface area (Å²) in [6.07, 6.45) is -2.58. The maximum atomic E-state index is 12.4. The van der Waals surface area contributed by atoms with Gasteiger partial charge >= 0.3 is 0 Å². The van der Waals surface area contributed by atoms with Crippen LogP contribution in [0.2, 0.25) is 0 Å². The third-order valence-electron chi connectivity index (χ3n) is 2.28. The van der Waals surface area contributed by atoms with Crippen LogP contribution in [0.3, 0.4) is 0 Å². The van der Waals surface area contributed by atoms with Crippen LogP contribution >= 0.6 is 0 Å². The van der Waals surface area contributed by atoms with Gasteiger partial charge in [0.25, 0.3) is 6.43 Å². The highest BCUT2D eigenvalue weighted by Crippen LogP contribution is 2.30. The van der Waals surface area contributed by atoms with E-state index in [1.54, 1.807) is 0 Å². The topological polar surface area (TPSA) is 46.2 Å². The Labute approximate surface area is 86.0 Å². The minimum Gasteiger partial charge on any atom is -0.383 e. The summed E-state index contributed by atoms with van der Waals surface area (Å²) in [5.41, 5.74) is 0.109. The third-order valence-corrected chi connectivity index (χ3v) is 4.04. The van der Waals surface area contributed by atoms with Crippen LogP contribution in [0.5, 0.6) is 0 Å². The van der Waals surface area contributed by atoms with Crippen molar-refractivity contribution in [1.82, 2.24) is 0 Å². The van der Waals surface area contributed by atoms with Gasteiger partial charge in [-0.3, -0.25) is 0 Å². The van der Waals surface area contributed by atoms with Crippen molar-refractivity contribution < 1.29 is 17.2 Å². The summed E-state index contributed by atoms with van der Waals surface area (Å²) in [6.45, 7) is 0.266. The quantitative estimate of drug-likeness (QED) is 0.804. The molecular formula is C9H9F2NO2S. The maximum Gasteiger partial charge on any atom is 0.263 e. The molecule has 0 fully saturated rings. The van der Waals surface area contributed by atoms with Crippen molar-refractivity contribution in [2.45, 2.75) is 11.3 Å². The number of fused-ring (bicyclic) bond motifs is 1. The van der Waals surface area contributed by atoms with Gasteiger partial charge in [-0.25, -0.2) is 17.2 Å². The Bertz CT molecular complexity index is 485. The standard InChI is InChI=1S/C9H9F2NO2S/c10-9(11)6-1-2-8-7(5-6)12-3-4-15(8,13)14/h1-2,5,9,12H,3-4H2. The molecule has 1 N–H and O–H groups in total. The molecule has 2 rings (SSSR count). The van der Waals surface area contributed by atoms with Crippen molar-refractivity contribution in [1.29, 1.82) is 0 Å². The van der Waals surface area contributed by atoms with Gasteiger partial charge in [0, 0.05) is 12.1 Å². The summed E-state index contributed by atoms with van der Waals surface area (Å²) < 4.78 is 47.8. The van der Waals surface area contributed by atoms with Gasteiger partial charge in [0.15, 0.2) is 9.84 Å². The van der Waals surface area contributed by atoms with E-state index >= 15 is 0 Å². The van der Waals surface area contributed by atoms with Gasteiger partial charge in [-0.2, -0.15) is 0 Å². The Morgan fingerprint density at radius 3 is 2.73 bits per heavy atom. The summed E-state index contributed by atoms with van der Waals surface area (Å²) in [5.74, 6) is 0.00796. The molecular weight excluding hydrogens is 224 g/mol. The average Bonchev–Trinajstić information content (AvgIpc) is 2.16. The molecule has 1 aliphatic heterocycles. The van der Waals surface area contributed by atoms with Gasteiger partial charge < -0.3 is 5.32 Å². The van der Waals surface area contributed by atoms with E-state index in [4.69, 9.17) is 0 Å². The first kappa shape index (κ1) is 10.4. The van der Waals surface area contributed by atoms with Crippen molar-refractivity contribution in [2.75, 3.05) is 17.6 Å². The van der Waals surface area contributed by atoms with Crippen LogP contribution in [0.1, 0.15) is 12.0 Å². The molecule has 0 spiro atoms. The molecule has 0 aromatic heterocycles. The van der Waals surface area contributed by atoms with Crippen molar-refractivity contribution >= 4 is 15.5 Å². The van der Waals surface area contributed by atoms with Crippen LogP contribution < -0.4 is 5.32 Å². The van der Waals surface area contributed by atoms with Crippen LogP contribution in [-0.4, -0.2) is 20.7 Å². The molecule has 0 unspecified atom stereocenters. The Morgan fingerprint density at radius 1 is 1.33 bits per heavy atom. The lowest BCUT2D eigenvalue weighted by Gasteiger charge is -2.18. The zero-order valence-electron chi connectivity index (χ0n) is 7.70. The normalized spacial score (nSPS) is 18.3. The van der Waals surface area contributed by atoms with E-state index in [9.17, 15) is 17.2 Å². The molecule has 0 saturated heterocycles. The van der Waals surface area contributed by atoms with E-state index < -0.39 is 16.3 Å². The van der Waals surface area contributed by atoms with E-state index in [2.05, 4.69) is 5.32 Å². The fourth-order valence-electron chi connectivity index (χ4n) is 1.52. The maximum absolute atomic E-state index is 12.4. The van der Waals surface area contributed by atoms with Gasteiger partial charge in [-0.05, 0) is 12.1 Å². The van der Waals surface area contributed by atoms with Gasteiger partial charge in [0.1, 0.15) is 0 Å². The molecule has 6 heteroatoms.